The molecular weight excluding hydrogens is 282 g/mol. The second kappa shape index (κ2) is 8.98. The predicted molar refractivity (Wildman–Crippen MR) is 79.3 cm³/mol. The number of benzene rings is 1. The van der Waals surface area contributed by atoms with Crippen molar-refractivity contribution >= 4 is 30.0 Å². The number of carboxylic acid groups (broad SMARTS) is 1. The third-order valence-electron chi connectivity index (χ3n) is 2.66. The lowest BCUT2D eigenvalue weighted by Gasteiger charge is -2.19. The molecule has 5 nitrogen and oxygen atoms in total. The average molecular weight is 300 g/mol. The monoisotopic (exact) mass is 299 g/mol. The molecule has 0 saturated heterocycles. The third kappa shape index (κ3) is 5.75. The van der Waals surface area contributed by atoms with E-state index < -0.39 is 11.9 Å². The van der Waals surface area contributed by atoms with Crippen LogP contribution in [0, 0.1) is 0 Å². The molecule has 0 saturated carbocycles. The number of ether oxygens (including phenoxy) is 1. The van der Waals surface area contributed by atoms with Gasteiger partial charge in [-0.05, 0) is 18.6 Å². The fourth-order valence-corrected chi connectivity index (χ4v) is 1.61. The summed E-state index contributed by atoms with van der Waals surface area (Å²) in [6.45, 7) is 0.526. The van der Waals surface area contributed by atoms with Crippen molar-refractivity contribution in [2.75, 3.05) is 25.6 Å². The van der Waals surface area contributed by atoms with Crippen molar-refractivity contribution in [2.45, 2.75) is 6.42 Å². The minimum atomic E-state index is -1.15. The Bertz CT molecular complexity index is 473. The molecule has 0 aromatic heterocycles. The molecule has 1 aromatic carbocycles. The van der Waals surface area contributed by atoms with Gasteiger partial charge in [0.2, 0.25) is 0 Å². The van der Waals surface area contributed by atoms with Gasteiger partial charge in [-0.25, -0.2) is 9.59 Å². The summed E-state index contributed by atoms with van der Waals surface area (Å²) < 4.78 is 4.56. The van der Waals surface area contributed by atoms with Crippen molar-refractivity contribution in [3.05, 3.63) is 42.0 Å². The Labute approximate surface area is 124 Å². The maximum atomic E-state index is 11.4. The van der Waals surface area contributed by atoms with Crippen molar-refractivity contribution in [3.8, 4) is 0 Å². The van der Waals surface area contributed by atoms with Crippen molar-refractivity contribution in [1.29, 1.82) is 0 Å². The molecule has 1 aromatic rings. The summed E-state index contributed by atoms with van der Waals surface area (Å²) in [6.07, 6.45) is 1.20. The van der Waals surface area contributed by atoms with E-state index in [1.54, 1.807) is 0 Å². The smallest absolute Gasteiger partial charge is 0.334 e. The Morgan fingerprint density at radius 3 is 2.40 bits per heavy atom. The second-order valence-electron chi connectivity index (χ2n) is 4.01. The molecule has 6 heteroatoms. The van der Waals surface area contributed by atoms with Gasteiger partial charge in [0.15, 0.2) is 0 Å². The maximum Gasteiger partial charge on any atom is 0.334 e. The Morgan fingerprint density at radius 1 is 1.30 bits per heavy atom. The van der Waals surface area contributed by atoms with Crippen LogP contribution in [0.3, 0.4) is 0 Å². The summed E-state index contributed by atoms with van der Waals surface area (Å²) in [6, 6.07) is 9.64. The molecule has 1 N–H and O–H groups in total. The van der Waals surface area contributed by atoms with Gasteiger partial charge in [0.1, 0.15) is 0 Å². The highest BCUT2D eigenvalue weighted by Gasteiger charge is 2.12. The van der Waals surface area contributed by atoms with Gasteiger partial charge in [-0.3, -0.25) is 0 Å². The number of carbonyl (C=O) groups is 2. The molecule has 0 heterocycles. The molecule has 20 heavy (non-hydrogen) atoms. The van der Waals surface area contributed by atoms with Gasteiger partial charge in [0.05, 0.1) is 7.11 Å². The first-order valence-electron chi connectivity index (χ1n) is 5.82. The van der Waals surface area contributed by atoms with Gasteiger partial charge < -0.3 is 14.7 Å². The molecule has 0 aliphatic rings. The molecule has 0 bridgehead atoms. The summed E-state index contributed by atoms with van der Waals surface area (Å²) in [5, 5.41) is 8.71. The third-order valence-corrected chi connectivity index (χ3v) is 2.66. The average Bonchev–Trinajstić information content (AvgIpc) is 2.42. The summed E-state index contributed by atoms with van der Waals surface area (Å²) in [4.78, 5) is 24.0. The number of hydrogen-bond donors (Lipinski definition) is 1. The number of anilines is 1. The zero-order valence-corrected chi connectivity index (χ0v) is 12.2. The lowest BCUT2D eigenvalue weighted by Crippen LogP contribution is -2.21. The van der Waals surface area contributed by atoms with Gasteiger partial charge in [0, 0.05) is 30.9 Å². The lowest BCUT2D eigenvalue weighted by atomic mass is 10.1. The highest BCUT2D eigenvalue weighted by Crippen LogP contribution is 2.13. The van der Waals surface area contributed by atoms with Crippen molar-refractivity contribution in [2.24, 2.45) is 0 Å². The first-order valence-corrected chi connectivity index (χ1v) is 5.82. The normalized spacial score (nSPS) is 10.4. The molecule has 0 fully saturated rings. The van der Waals surface area contributed by atoms with E-state index in [4.69, 9.17) is 5.11 Å². The highest BCUT2D eigenvalue weighted by molar-refractivity contribution is 5.95. The van der Waals surface area contributed by atoms with E-state index in [0.717, 1.165) is 11.8 Å². The molecule has 0 unspecified atom stereocenters. The number of methoxy groups -OCH3 is 1. The Balaban J connectivity index is 0.00000361. The molecule has 0 amide bonds. The largest absolute Gasteiger partial charge is 0.478 e. The highest BCUT2D eigenvalue weighted by atomic mass is 35.5. The molecule has 0 aliphatic carbocycles. The van der Waals surface area contributed by atoms with Gasteiger partial charge in [-0.15, -0.1) is 12.4 Å². The quantitative estimate of drug-likeness (QED) is 0.644. The molecule has 0 spiro atoms. The minimum Gasteiger partial charge on any atom is -0.478 e. The number of rotatable bonds is 6. The van der Waals surface area contributed by atoms with Crippen LogP contribution < -0.4 is 4.90 Å². The van der Waals surface area contributed by atoms with Crippen LogP contribution >= 0.6 is 12.4 Å². The number of hydrogen-bond acceptors (Lipinski definition) is 4. The van der Waals surface area contributed by atoms with E-state index in [0.29, 0.717) is 13.0 Å². The SMILES string of the molecule is COC(=O)/C(=C/C(=O)O)CCN(C)c1ccccc1.Cl. The lowest BCUT2D eigenvalue weighted by molar-refractivity contribution is -0.137. The van der Waals surface area contributed by atoms with E-state index in [-0.39, 0.29) is 18.0 Å². The molecule has 110 valence electrons. The van der Waals surface area contributed by atoms with Gasteiger partial charge in [-0.2, -0.15) is 0 Å². The van der Waals surface area contributed by atoms with E-state index in [9.17, 15) is 9.59 Å². The van der Waals surface area contributed by atoms with Gasteiger partial charge in [0.25, 0.3) is 0 Å². The van der Waals surface area contributed by atoms with E-state index in [1.807, 2.05) is 42.3 Å². The minimum absolute atomic E-state index is 0. The van der Waals surface area contributed by atoms with Crippen LogP contribution in [0.5, 0.6) is 0 Å². The maximum absolute atomic E-state index is 11.4. The summed E-state index contributed by atoms with van der Waals surface area (Å²) in [5.74, 6) is -1.76. The standard InChI is InChI=1S/C14H17NO4.ClH/c1-15(12-6-4-3-5-7-12)9-8-11(10-13(16)17)14(18)19-2;/h3-7,10H,8-9H2,1-2H3,(H,16,17);1H/b11-10+;. The fraction of sp³-hybridized carbons (Fsp3) is 0.286. The number of esters is 1. The Morgan fingerprint density at radius 2 is 1.90 bits per heavy atom. The van der Waals surface area contributed by atoms with Crippen molar-refractivity contribution in [3.63, 3.8) is 0 Å². The summed E-state index contributed by atoms with van der Waals surface area (Å²) in [5.41, 5.74) is 1.15. The second-order valence-corrected chi connectivity index (χ2v) is 4.01. The van der Waals surface area contributed by atoms with Crippen LogP contribution in [-0.2, 0) is 14.3 Å². The number of halogens is 1. The van der Waals surface area contributed by atoms with Crippen molar-refractivity contribution in [1.82, 2.24) is 0 Å². The molecule has 0 atom stereocenters. The Hall–Kier alpha value is -2.01. The number of nitrogens with zero attached hydrogens (tertiary/aromatic N) is 1. The zero-order chi connectivity index (χ0) is 14.3. The van der Waals surface area contributed by atoms with Crippen LogP contribution in [0.4, 0.5) is 5.69 Å². The molecule has 0 aliphatic heterocycles. The molecule has 0 radical (unpaired) electrons. The van der Waals surface area contributed by atoms with Crippen LogP contribution in [-0.4, -0.2) is 37.7 Å². The number of carboxylic acids is 1. The predicted octanol–water partition coefficient (Wildman–Crippen LogP) is 2.12. The Kier molecular flexibility index (Phi) is 8.08. The number of carbonyl (C=O) groups excluding carboxylic acids is 1. The van der Waals surface area contributed by atoms with Crippen LogP contribution in [0.15, 0.2) is 42.0 Å². The topological polar surface area (TPSA) is 66.8 Å². The zero-order valence-electron chi connectivity index (χ0n) is 11.4. The molecule has 1 rings (SSSR count). The van der Waals surface area contributed by atoms with Gasteiger partial charge >= 0.3 is 11.9 Å². The first-order chi connectivity index (χ1) is 9.04. The van der Waals surface area contributed by atoms with E-state index in [1.165, 1.54) is 7.11 Å². The molecular formula is C14H18ClNO4. The summed E-state index contributed by atoms with van der Waals surface area (Å²) >= 11 is 0. The summed E-state index contributed by atoms with van der Waals surface area (Å²) in [7, 11) is 3.12. The van der Waals surface area contributed by atoms with Crippen LogP contribution in [0.25, 0.3) is 0 Å². The van der Waals surface area contributed by atoms with Crippen molar-refractivity contribution < 1.29 is 19.4 Å². The van der Waals surface area contributed by atoms with E-state index in [2.05, 4.69) is 4.74 Å². The fourth-order valence-electron chi connectivity index (χ4n) is 1.61. The number of para-hydroxylation sites is 1. The van der Waals surface area contributed by atoms with Gasteiger partial charge in [-0.1, -0.05) is 18.2 Å². The van der Waals surface area contributed by atoms with Crippen LogP contribution in [0.1, 0.15) is 6.42 Å². The van der Waals surface area contributed by atoms with E-state index >= 15 is 0 Å². The van der Waals surface area contributed by atoms with Crippen LogP contribution in [0.2, 0.25) is 0 Å². The number of aliphatic carboxylic acids is 1. The first kappa shape index (κ1) is 18.0.